The molecule has 0 unspecified atom stereocenters. The number of nitrogens with one attached hydrogen (secondary N) is 1. The number of benzene rings is 2. The molecule has 0 radical (unpaired) electrons. The summed E-state index contributed by atoms with van der Waals surface area (Å²) in [5.74, 6) is 1.01. The van der Waals surface area contributed by atoms with Gasteiger partial charge < -0.3 is 10.1 Å². The molecule has 152 valence electrons. The lowest BCUT2D eigenvalue weighted by Gasteiger charge is -2.22. The molecule has 0 heterocycles. The Bertz CT molecular complexity index is 866. The van der Waals surface area contributed by atoms with Gasteiger partial charge in [-0.1, -0.05) is 17.7 Å². The third-order valence-corrected chi connectivity index (χ3v) is 5.99. The van der Waals surface area contributed by atoms with E-state index >= 15 is 0 Å². The van der Waals surface area contributed by atoms with Gasteiger partial charge in [-0.15, -0.1) is 11.8 Å². The first kappa shape index (κ1) is 22.1. The van der Waals surface area contributed by atoms with Gasteiger partial charge in [-0.05, 0) is 50.2 Å². The maximum absolute atomic E-state index is 12.2. The van der Waals surface area contributed by atoms with Crippen molar-refractivity contribution in [2.75, 3.05) is 36.0 Å². The highest BCUT2D eigenvalue weighted by atomic mass is 32.2. The molecule has 2 rings (SSSR count). The van der Waals surface area contributed by atoms with Crippen molar-refractivity contribution in [1.82, 2.24) is 5.32 Å². The zero-order valence-corrected chi connectivity index (χ0v) is 18.0. The predicted molar refractivity (Wildman–Crippen MR) is 115 cm³/mol. The Morgan fingerprint density at radius 1 is 1.11 bits per heavy atom. The molecule has 0 bridgehead atoms. The molecular weight excluding hydrogens is 396 g/mol. The van der Waals surface area contributed by atoms with E-state index in [0.717, 1.165) is 15.5 Å². The van der Waals surface area contributed by atoms with Crippen LogP contribution in [0.5, 0.6) is 5.75 Å². The maximum atomic E-state index is 12.2. The molecule has 0 fully saturated rings. The van der Waals surface area contributed by atoms with Gasteiger partial charge in [0, 0.05) is 17.2 Å². The number of carbonyl (C=O) groups excluding carboxylic acids is 1. The minimum atomic E-state index is -3.59. The maximum Gasteiger partial charge on any atom is 0.240 e. The Morgan fingerprint density at radius 3 is 2.32 bits per heavy atom. The number of nitrogens with zero attached hydrogens (tertiary/aromatic N) is 1. The lowest BCUT2D eigenvalue weighted by Crippen LogP contribution is -2.41. The highest BCUT2D eigenvalue weighted by Gasteiger charge is 2.20. The monoisotopic (exact) mass is 422 g/mol. The predicted octanol–water partition coefficient (Wildman–Crippen LogP) is 3.07. The summed E-state index contributed by atoms with van der Waals surface area (Å²) in [4.78, 5) is 13.4. The summed E-state index contributed by atoms with van der Waals surface area (Å²) in [6.45, 7) is 4.63. The van der Waals surface area contributed by atoms with Gasteiger partial charge in [0.05, 0.1) is 18.6 Å². The van der Waals surface area contributed by atoms with Crippen molar-refractivity contribution in [3.05, 3.63) is 54.1 Å². The number of thioether (sulfide) groups is 1. The fraction of sp³-hybridized carbons (Fsp3) is 0.350. The van der Waals surface area contributed by atoms with Crippen LogP contribution in [0.3, 0.4) is 0 Å². The number of ether oxygens (including phenoxy) is 1. The fourth-order valence-electron chi connectivity index (χ4n) is 2.46. The Balaban J connectivity index is 1.89. The summed E-state index contributed by atoms with van der Waals surface area (Å²) in [5, 5.41) is 2.78. The highest BCUT2D eigenvalue weighted by molar-refractivity contribution is 7.99. The molecule has 8 heteroatoms. The second-order valence-electron chi connectivity index (χ2n) is 6.21. The summed E-state index contributed by atoms with van der Waals surface area (Å²) in [5.41, 5.74) is 1.63. The highest BCUT2D eigenvalue weighted by Crippen LogP contribution is 2.21. The molecule has 0 aliphatic rings. The molecule has 0 aliphatic carbocycles. The molecule has 2 aromatic carbocycles. The van der Waals surface area contributed by atoms with Crippen LogP contribution >= 0.6 is 11.8 Å². The number of hydrogen-bond donors (Lipinski definition) is 1. The van der Waals surface area contributed by atoms with E-state index in [0.29, 0.717) is 30.3 Å². The topological polar surface area (TPSA) is 75.7 Å². The quantitative estimate of drug-likeness (QED) is 0.470. The van der Waals surface area contributed by atoms with Crippen LogP contribution in [0.4, 0.5) is 5.69 Å². The van der Waals surface area contributed by atoms with Crippen molar-refractivity contribution in [3.63, 3.8) is 0 Å². The van der Waals surface area contributed by atoms with Gasteiger partial charge >= 0.3 is 0 Å². The largest absolute Gasteiger partial charge is 0.494 e. The van der Waals surface area contributed by atoms with Gasteiger partial charge in [0.2, 0.25) is 15.9 Å². The van der Waals surface area contributed by atoms with E-state index in [4.69, 9.17) is 4.74 Å². The molecule has 0 atom stereocenters. The van der Waals surface area contributed by atoms with Crippen LogP contribution in [0.15, 0.2) is 53.4 Å². The van der Waals surface area contributed by atoms with Crippen molar-refractivity contribution in [3.8, 4) is 5.75 Å². The lowest BCUT2D eigenvalue weighted by atomic mass is 10.2. The van der Waals surface area contributed by atoms with Gasteiger partial charge in [-0.3, -0.25) is 9.10 Å². The molecule has 0 aliphatic heterocycles. The molecule has 2 aromatic rings. The van der Waals surface area contributed by atoms with Crippen LogP contribution in [-0.2, 0) is 14.8 Å². The molecule has 0 saturated carbocycles. The summed E-state index contributed by atoms with van der Waals surface area (Å²) in [6.07, 6.45) is 1.09. The number of anilines is 1. The summed E-state index contributed by atoms with van der Waals surface area (Å²) < 4.78 is 30.7. The summed E-state index contributed by atoms with van der Waals surface area (Å²) >= 11 is 1.64. The normalized spacial score (nSPS) is 11.1. The number of carbonyl (C=O) groups is 1. The summed E-state index contributed by atoms with van der Waals surface area (Å²) in [6, 6.07) is 14.8. The van der Waals surface area contributed by atoms with Crippen molar-refractivity contribution < 1.29 is 17.9 Å². The minimum absolute atomic E-state index is 0.262. The Kier molecular flexibility index (Phi) is 8.19. The van der Waals surface area contributed by atoms with Crippen molar-refractivity contribution in [2.24, 2.45) is 0 Å². The average molecular weight is 423 g/mol. The molecule has 28 heavy (non-hydrogen) atoms. The fourth-order valence-corrected chi connectivity index (χ4v) is 4.08. The van der Waals surface area contributed by atoms with E-state index in [-0.39, 0.29) is 12.5 Å². The average Bonchev–Trinajstić information content (AvgIpc) is 2.65. The van der Waals surface area contributed by atoms with Crippen molar-refractivity contribution in [1.29, 1.82) is 0 Å². The third-order valence-electron chi connectivity index (χ3n) is 3.84. The van der Waals surface area contributed by atoms with Gasteiger partial charge in [-0.25, -0.2) is 8.42 Å². The number of hydrogen-bond acceptors (Lipinski definition) is 5. The third kappa shape index (κ3) is 7.09. The van der Waals surface area contributed by atoms with Crippen LogP contribution in [0.25, 0.3) is 0 Å². The van der Waals surface area contributed by atoms with Gasteiger partial charge in [0.25, 0.3) is 0 Å². The smallest absolute Gasteiger partial charge is 0.240 e. The van der Waals surface area contributed by atoms with E-state index in [9.17, 15) is 13.2 Å². The Morgan fingerprint density at radius 2 is 1.75 bits per heavy atom. The van der Waals surface area contributed by atoms with E-state index in [1.165, 1.54) is 5.56 Å². The lowest BCUT2D eigenvalue weighted by molar-refractivity contribution is -0.119. The first-order valence-corrected chi connectivity index (χ1v) is 11.8. The molecule has 1 N–H and O–H groups in total. The first-order chi connectivity index (χ1) is 13.3. The SMILES string of the molecule is CCOc1ccc(N(CC(=O)NCCSc2ccc(C)cc2)S(C)(=O)=O)cc1. The van der Waals surface area contributed by atoms with Crippen LogP contribution in [0.2, 0.25) is 0 Å². The second-order valence-corrected chi connectivity index (χ2v) is 9.28. The molecule has 0 saturated heterocycles. The molecule has 0 spiro atoms. The van der Waals surface area contributed by atoms with Crippen LogP contribution in [0, 0.1) is 6.92 Å². The molecule has 1 amide bonds. The molecular formula is C20H26N2O4S2. The van der Waals surface area contributed by atoms with E-state index in [1.807, 2.05) is 38.1 Å². The Labute approximate surface area is 171 Å². The van der Waals surface area contributed by atoms with Gasteiger partial charge in [-0.2, -0.15) is 0 Å². The standard InChI is InChI=1S/C20H26N2O4S2/c1-4-26-18-9-7-17(8-10-18)22(28(3,24)25)15-20(23)21-13-14-27-19-11-5-16(2)6-12-19/h5-12H,4,13-15H2,1-3H3,(H,21,23). The van der Waals surface area contributed by atoms with Crippen LogP contribution in [-0.4, -0.2) is 46.0 Å². The zero-order chi connectivity index (χ0) is 20.6. The zero-order valence-electron chi connectivity index (χ0n) is 16.3. The number of amides is 1. The van der Waals surface area contributed by atoms with E-state index in [1.54, 1.807) is 36.0 Å². The van der Waals surface area contributed by atoms with E-state index < -0.39 is 10.0 Å². The van der Waals surface area contributed by atoms with Crippen LogP contribution in [0.1, 0.15) is 12.5 Å². The van der Waals surface area contributed by atoms with Crippen LogP contribution < -0.4 is 14.4 Å². The number of sulfonamides is 1. The minimum Gasteiger partial charge on any atom is -0.494 e. The second kappa shape index (κ2) is 10.4. The van der Waals surface area contributed by atoms with Gasteiger partial charge in [0.15, 0.2) is 0 Å². The molecule has 6 nitrogen and oxygen atoms in total. The molecule has 0 aromatic heterocycles. The van der Waals surface area contributed by atoms with Crippen molar-refractivity contribution >= 4 is 33.4 Å². The number of aryl methyl sites for hydroxylation is 1. The van der Waals surface area contributed by atoms with Crippen molar-refractivity contribution in [2.45, 2.75) is 18.7 Å². The summed E-state index contributed by atoms with van der Waals surface area (Å²) in [7, 11) is -3.59. The van der Waals surface area contributed by atoms with Gasteiger partial charge in [0.1, 0.15) is 12.3 Å². The van der Waals surface area contributed by atoms with E-state index in [2.05, 4.69) is 5.32 Å². The number of rotatable bonds is 10. The first-order valence-electron chi connectivity index (χ1n) is 8.96. The Hall–Kier alpha value is -2.19.